The summed E-state index contributed by atoms with van der Waals surface area (Å²) in [5.74, 6) is 2.18. The first-order chi connectivity index (χ1) is 13.7. The second-order valence-corrected chi connectivity index (χ2v) is 8.09. The maximum absolute atomic E-state index is 12.2. The summed E-state index contributed by atoms with van der Waals surface area (Å²) in [6.07, 6.45) is 3.56. The summed E-state index contributed by atoms with van der Waals surface area (Å²) in [4.78, 5) is 22.7. The molecule has 0 spiro atoms. The molecule has 158 valence electrons. The molecular formula is C22H30N2O5. The molecule has 0 aliphatic carbocycles. The van der Waals surface area contributed by atoms with Crippen LogP contribution in [0.4, 0.5) is 0 Å². The van der Waals surface area contributed by atoms with Crippen LogP contribution >= 0.6 is 0 Å². The SMILES string of the molecule is CC(C)(C=C=O)OCC(C)(C)OC1CNC=C(NC(=O)COc2ccccc2)C1. The van der Waals surface area contributed by atoms with Gasteiger partial charge in [0.25, 0.3) is 5.91 Å². The minimum absolute atomic E-state index is 0.0639. The van der Waals surface area contributed by atoms with Gasteiger partial charge in [0.05, 0.1) is 23.9 Å². The monoisotopic (exact) mass is 402 g/mol. The Labute approximate surface area is 172 Å². The number of rotatable bonds is 10. The molecule has 7 heteroatoms. The van der Waals surface area contributed by atoms with Crippen molar-refractivity contribution in [2.24, 2.45) is 0 Å². The molecule has 0 saturated carbocycles. The van der Waals surface area contributed by atoms with Crippen molar-refractivity contribution in [1.29, 1.82) is 0 Å². The van der Waals surface area contributed by atoms with Crippen molar-refractivity contribution in [1.82, 2.24) is 10.6 Å². The number of carbonyl (C=O) groups is 1. The molecule has 2 rings (SSSR count). The summed E-state index contributed by atoms with van der Waals surface area (Å²) in [5, 5.41) is 5.99. The van der Waals surface area contributed by atoms with Crippen LogP contribution in [0.25, 0.3) is 0 Å². The molecule has 1 heterocycles. The molecule has 0 radical (unpaired) electrons. The fourth-order valence-corrected chi connectivity index (χ4v) is 2.77. The van der Waals surface area contributed by atoms with Gasteiger partial charge in [-0.3, -0.25) is 4.79 Å². The van der Waals surface area contributed by atoms with Gasteiger partial charge in [-0.25, -0.2) is 4.79 Å². The second-order valence-electron chi connectivity index (χ2n) is 8.09. The van der Waals surface area contributed by atoms with Gasteiger partial charge in [-0.15, -0.1) is 0 Å². The van der Waals surface area contributed by atoms with Gasteiger partial charge >= 0.3 is 0 Å². The van der Waals surface area contributed by atoms with Crippen LogP contribution in [0.3, 0.4) is 0 Å². The molecular weight excluding hydrogens is 372 g/mol. The fraction of sp³-hybridized carbons (Fsp3) is 0.500. The molecule has 1 aromatic rings. The van der Waals surface area contributed by atoms with E-state index in [1.165, 1.54) is 6.08 Å². The number of amides is 1. The van der Waals surface area contributed by atoms with Crippen molar-refractivity contribution in [3.05, 3.63) is 48.3 Å². The molecule has 1 aromatic carbocycles. The highest BCUT2D eigenvalue weighted by atomic mass is 16.6. The van der Waals surface area contributed by atoms with Gasteiger partial charge in [-0.1, -0.05) is 18.2 Å². The number of hydrogen-bond donors (Lipinski definition) is 2. The summed E-state index contributed by atoms with van der Waals surface area (Å²) in [7, 11) is 0. The largest absolute Gasteiger partial charge is 0.484 e. The number of carbonyl (C=O) groups excluding carboxylic acids is 2. The third-order valence-electron chi connectivity index (χ3n) is 4.17. The lowest BCUT2D eigenvalue weighted by molar-refractivity contribution is -0.134. The minimum Gasteiger partial charge on any atom is -0.484 e. The summed E-state index contributed by atoms with van der Waals surface area (Å²) < 4.78 is 17.4. The number of ether oxygens (including phenoxy) is 3. The van der Waals surface area contributed by atoms with Crippen molar-refractivity contribution in [2.45, 2.75) is 51.4 Å². The highest BCUT2D eigenvalue weighted by Gasteiger charge is 2.29. The van der Waals surface area contributed by atoms with Crippen LogP contribution in [0.2, 0.25) is 0 Å². The van der Waals surface area contributed by atoms with Crippen molar-refractivity contribution >= 4 is 11.8 Å². The van der Waals surface area contributed by atoms with Crippen molar-refractivity contribution in [3.8, 4) is 5.75 Å². The molecule has 1 atom stereocenters. The maximum atomic E-state index is 12.2. The molecule has 1 aliphatic rings. The van der Waals surface area contributed by atoms with Crippen LogP contribution in [-0.2, 0) is 19.1 Å². The van der Waals surface area contributed by atoms with Gasteiger partial charge in [0.2, 0.25) is 0 Å². The second kappa shape index (κ2) is 10.3. The normalized spacial score (nSPS) is 16.8. The first kappa shape index (κ1) is 22.7. The average molecular weight is 402 g/mol. The third kappa shape index (κ3) is 8.52. The van der Waals surface area contributed by atoms with Gasteiger partial charge in [-0.05, 0) is 39.8 Å². The van der Waals surface area contributed by atoms with Crippen molar-refractivity contribution in [2.75, 3.05) is 19.8 Å². The Morgan fingerprint density at radius 2 is 2.00 bits per heavy atom. The van der Waals surface area contributed by atoms with Crippen LogP contribution in [0.5, 0.6) is 5.75 Å². The molecule has 2 N–H and O–H groups in total. The van der Waals surface area contributed by atoms with E-state index in [4.69, 9.17) is 14.2 Å². The zero-order chi connectivity index (χ0) is 21.3. The molecule has 0 aromatic heterocycles. The molecule has 0 fully saturated rings. The zero-order valence-corrected chi connectivity index (χ0v) is 17.5. The van der Waals surface area contributed by atoms with E-state index in [1.54, 1.807) is 38.1 Å². The van der Waals surface area contributed by atoms with Crippen LogP contribution in [0, 0.1) is 0 Å². The van der Waals surface area contributed by atoms with Crippen LogP contribution in [0.1, 0.15) is 34.1 Å². The van der Waals surface area contributed by atoms with Crippen LogP contribution in [-0.4, -0.2) is 48.9 Å². The highest BCUT2D eigenvalue weighted by Crippen LogP contribution is 2.21. The maximum Gasteiger partial charge on any atom is 0.262 e. The first-order valence-corrected chi connectivity index (χ1v) is 9.63. The molecule has 1 amide bonds. The Hall–Kier alpha value is -2.60. The van der Waals surface area contributed by atoms with E-state index in [-0.39, 0.29) is 18.6 Å². The Morgan fingerprint density at radius 1 is 1.28 bits per heavy atom. The highest BCUT2D eigenvalue weighted by molar-refractivity contribution is 5.79. The van der Waals surface area contributed by atoms with Gasteiger partial charge in [0, 0.05) is 30.9 Å². The summed E-state index contributed by atoms with van der Waals surface area (Å²) >= 11 is 0. The molecule has 0 bridgehead atoms. The molecule has 0 saturated heterocycles. The van der Waals surface area contributed by atoms with Gasteiger partial charge in [0.15, 0.2) is 6.61 Å². The lowest BCUT2D eigenvalue weighted by atomic mass is 10.1. The molecule has 1 unspecified atom stereocenters. The van der Waals surface area contributed by atoms with E-state index in [1.807, 2.05) is 32.0 Å². The van der Waals surface area contributed by atoms with Crippen molar-refractivity contribution in [3.63, 3.8) is 0 Å². The van der Waals surface area contributed by atoms with Gasteiger partial charge < -0.3 is 24.8 Å². The lowest BCUT2D eigenvalue weighted by Crippen LogP contribution is -2.44. The Balaban J connectivity index is 1.79. The zero-order valence-electron chi connectivity index (χ0n) is 17.5. The van der Waals surface area contributed by atoms with Gasteiger partial charge in [-0.2, -0.15) is 0 Å². The lowest BCUT2D eigenvalue weighted by Gasteiger charge is -2.35. The minimum atomic E-state index is -0.703. The summed E-state index contributed by atoms with van der Waals surface area (Å²) in [5.41, 5.74) is -0.530. The van der Waals surface area contributed by atoms with E-state index in [9.17, 15) is 9.59 Å². The van der Waals surface area contributed by atoms with Gasteiger partial charge in [0.1, 0.15) is 11.7 Å². The topological polar surface area (TPSA) is 85.9 Å². The standard InChI is InChI=1S/C22H30N2O5/c1-21(2,10-11-25)28-16-22(3,4)29-19-12-17(13-23-14-19)24-20(26)15-27-18-8-6-5-7-9-18/h5-10,13,19,23H,12,14-16H2,1-4H3,(H,24,26). The van der Waals surface area contributed by atoms with E-state index in [0.29, 0.717) is 25.3 Å². The van der Waals surface area contributed by atoms with Crippen LogP contribution in [0.15, 0.2) is 48.3 Å². The number of hydrogen-bond acceptors (Lipinski definition) is 6. The summed E-state index contributed by atoms with van der Waals surface area (Å²) in [6.45, 7) is 8.32. The smallest absolute Gasteiger partial charge is 0.262 e. The molecule has 7 nitrogen and oxygen atoms in total. The van der Waals surface area contributed by atoms with E-state index in [0.717, 1.165) is 5.70 Å². The van der Waals surface area contributed by atoms with E-state index >= 15 is 0 Å². The average Bonchev–Trinajstić information content (AvgIpc) is 2.66. The quantitative estimate of drug-likeness (QED) is 0.585. The molecule has 1 aliphatic heterocycles. The predicted molar refractivity (Wildman–Crippen MR) is 110 cm³/mol. The number of nitrogens with one attached hydrogen (secondary N) is 2. The Bertz CT molecular complexity index is 752. The summed E-state index contributed by atoms with van der Waals surface area (Å²) in [6, 6.07) is 9.19. The Kier molecular flexibility index (Phi) is 8.02. The Morgan fingerprint density at radius 3 is 2.69 bits per heavy atom. The molecule has 29 heavy (non-hydrogen) atoms. The number of para-hydroxylation sites is 1. The first-order valence-electron chi connectivity index (χ1n) is 9.63. The predicted octanol–water partition coefficient (Wildman–Crippen LogP) is 2.36. The van der Waals surface area contributed by atoms with Crippen molar-refractivity contribution < 1.29 is 23.8 Å². The van der Waals surface area contributed by atoms with E-state index < -0.39 is 11.2 Å². The van der Waals surface area contributed by atoms with Crippen LogP contribution < -0.4 is 15.4 Å². The fourth-order valence-electron chi connectivity index (χ4n) is 2.77. The third-order valence-corrected chi connectivity index (χ3v) is 4.17. The van der Waals surface area contributed by atoms with E-state index in [2.05, 4.69) is 10.6 Å². The number of benzene rings is 1.